The molecule has 0 aliphatic heterocycles. The van der Waals surface area contributed by atoms with Gasteiger partial charge in [-0.1, -0.05) is 76.6 Å². The van der Waals surface area contributed by atoms with Crippen LogP contribution in [0.5, 0.6) is 0 Å². The van der Waals surface area contributed by atoms with Gasteiger partial charge in [-0.3, -0.25) is 0 Å². The lowest BCUT2D eigenvalue weighted by Crippen LogP contribution is -2.40. The van der Waals surface area contributed by atoms with Crippen LogP contribution in [-0.4, -0.2) is 19.2 Å². The third kappa shape index (κ3) is 4.83. The summed E-state index contributed by atoms with van der Waals surface area (Å²) in [6.07, 6.45) is 9.91. The molecule has 0 saturated heterocycles. The number of hydrogen-bond donors (Lipinski definition) is 0. The van der Waals surface area contributed by atoms with E-state index in [-0.39, 0.29) is 5.92 Å². The molecule has 3 heteroatoms. The van der Waals surface area contributed by atoms with Crippen molar-refractivity contribution in [1.29, 1.82) is 0 Å². The molecule has 2 rings (SSSR count). The summed E-state index contributed by atoms with van der Waals surface area (Å²) in [4.78, 5) is 4.88. The van der Waals surface area contributed by atoms with Crippen LogP contribution in [0.25, 0.3) is 10.9 Å². The van der Waals surface area contributed by atoms with Crippen LogP contribution < -0.4 is 0 Å². The summed E-state index contributed by atoms with van der Waals surface area (Å²) in [5.41, 5.74) is 1.86. The van der Waals surface area contributed by atoms with Crippen LogP contribution in [0.15, 0.2) is 36.4 Å². The predicted molar refractivity (Wildman–Crippen MR) is 109 cm³/mol. The maximum absolute atomic E-state index is 5.99. The van der Waals surface area contributed by atoms with Gasteiger partial charge in [0.15, 0.2) is 0 Å². The molecule has 0 spiro atoms. The van der Waals surface area contributed by atoms with E-state index in [0.717, 1.165) is 29.4 Å². The SMILES string of the molecule is CCCCCCCCC(CC)C(OC)(OC)c1ccc2ccccc2n1. The molecule has 144 valence electrons. The van der Waals surface area contributed by atoms with Gasteiger partial charge in [0.05, 0.1) is 5.52 Å². The van der Waals surface area contributed by atoms with E-state index in [1.807, 2.05) is 18.2 Å². The highest BCUT2D eigenvalue weighted by Crippen LogP contribution is 2.39. The van der Waals surface area contributed by atoms with E-state index in [2.05, 4.69) is 32.0 Å². The number of methoxy groups -OCH3 is 2. The molecule has 1 unspecified atom stereocenters. The minimum atomic E-state index is -0.776. The number of aromatic nitrogens is 1. The lowest BCUT2D eigenvalue weighted by Gasteiger charge is -2.37. The summed E-state index contributed by atoms with van der Waals surface area (Å²) < 4.78 is 12.0. The molecule has 0 fully saturated rings. The van der Waals surface area contributed by atoms with Crippen LogP contribution in [0.4, 0.5) is 0 Å². The van der Waals surface area contributed by atoms with Crippen molar-refractivity contribution in [3.63, 3.8) is 0 Å². The van der Waals surface area contributed by atoms with Gasteiger partial charge in [0.1, 0.15) is 5.69 Å². The van der Waals surface area contributed by atoms with Gasteiger partial charge in [0.2, 0.25) is 5.79 Å². The number of rotatable bonds is 12. The number of pyridine rings is 1. The van der Waals surface area contributed by atoms with Crippen molar-refractivity contribution in [2.75, 3.05) is 14.2 Å². The fourth-order valence-electron chi connectivity index (χ4n) is 3.93. The Morgan fingerprint density at radius 1 is 0.885 bits per heavy atom. The largest absolute Gasteiger partial charge is 0.348 e. The molecule has 0 saturated carbocycles. The van der Waals surface area contributed by atoms with E-state index in [1.54, 1.807) is 14.2 Å². The topological polar surface area (TPSA) is 31.4 Å². The van der Waals surface area contributed by atoms with Crippen molar-refractivity contribution in [2.24, 2.45) is 5.92 Å². The van der Waals surface area contributed by atoms with Gasteiger partial charge in [-0.2, -0.15) is 0 Å². The fraction of sp³-hybridized carbons (Fsp3) is 0.609. The zero-order valence-electron chi connectivity index (χ0n) is 17.0. The molecule has 1 heterocycles. The van der Waals surface area contributed by atoms with Crippen molar-refractivity contribution >= 4 is 10.9 Å². The molecular weight excluding hydrogens is 322 g/mol. The predicted octanol–water partition coefficient (Wildman–Crippen LogP) is 6.46. The highest BCUT2D eigenvalue weighted by atomic mass is 16.7. The molecule has 1 aromatic heterocycles. The van der Waals surface area contributed by atoms with Gasteiger partial charge >= 0.3 is 0 Å². The molecule has 0 bridgehead atoms. The van der Waals surface area contributed by atoms with Gasteiger partial charge in [0, 0.05) is 25.5 Å². The molecule has 0 aliphatic carbocycles. The van der Waals surface area contributed by atoms with Crippen LogP contribution in [0, 0.1) is 5.92 Å². The first-order valence-electron chi connectivity index (χ1n) is 10.2. The molecule has 3 nitrogen and oxygen atoms in total. The lowest BCUT2D eigenvalue weighted by atomic mass is 9.87. The molecular formula is C23H35NO2. The standard InChI is InChI=1S/C23H35NO2/c1-5-7-8-9-10-11-15-20(6-2)23(25-3,26-4)22-18-17-19-14-12-13-16-21(19)24-22/h12-14,16-18,20H,5-11,15H2,1-4H3. The third-order valence-electron chi connectivity index (χ3n) is 5.50. The molecule has 26 heavy (non-hydrogen) atoms. The Morgan fingerprint density at radius 3 is 2.27 bits per heavy atom. The van der Waals surface area contributed by atoms with Gasteiger partial charge < -0.3 is 9.47 Å². The summed E-state index contributed by atoms with van der Waals surface area (Å²) in [6.45, 7) is 4.48. The van der Waals surface area contributed by atoms with Crippen LogP contribution in [0.3, 0.4) is 0 Å². The molecule has 0 radical (unpaired) electrons. The average Bonchev–Trinajstić information content (AvgIpc) is 2.70. The molecule has 0 aliphatic rings. The van der Waals surface area contributed by atoms with Crippen LogP contribution >= 0.6 is 0 Å². The summed E-state index contributed by atoms with van der Waals surface area (Å²) in [7, 11) is 3.48. The summed E-state index contributed by atoms with van der Waals surface area (Å²) in [5, 5.41) is 1.14. The summed E-state index contributed by atoms with van der Waals surface area (Å²) in [6, 6.07) is 12.4. The Bertz CT molecular complexity index is 651. The number of hydrogen-bond acceptors (Lipinski definition) is 3. The fourth-order valence-corrected chi connectivity index (χ4v) is 3.93. The Kier molecular flexibility index (Phi) is 8.53. The van der Waals surface area contributed by atoms with Crippen molar-refractivity contribution in [2.45, 2.75) is 71.0 Å². The second-order valence-corrected chi connectivity index (χ2v) is 7.13. The molecule has 2 aromatic rings. The van der Waals surface area contributed by atoms with Crippen LogP contribution in [0.1, 0.15) is 70.9 Å². The Labute approximate surface area is 159 Å². The number of para-hydroxylation sites is 1. The maximum Gasteiger partial charge on any atom is 0.214 e. The molecule has 1 atom stereocenters. The third-order valence-corrected chi connectivity index (χ3v) is 5.50. The highest BCUT2D eigenvalue weighted by Gasteiger charge is 2.41. The zero-order valence-corrected chi connectivity index (χ0v) is 17.0. The second-order valence-electron chi connectivity index (χ2n) is 7.13. The van der Waals surface area contributed by atoms with Gasteiger partial charge in [-0.05, 0) is 25.0 Å². The quantitative estimate of drug-likeness (QED) is 0.323. The monoisotopic (exact) mass is 357 g/mol. The normalized spacial score (nSPS) is 13.2. The number of ether oxygens (including phenoxy) is 2. The van der Waals surface area contributed by atoms with Crippen molar-refractivity contribution < 1.29 is 9.47 Å². The number of fused-ring (bicyclic) bond motifs is 1. The minimum Gasteiger partial charge on any atom is -0.348 e. The first kappa shape index (κ1) is 20.9. The van der Waals surface area contributed by atoms with E-state index in [1.165, 1.54) is 38.5 Å². The number of nitrogens with zero attached hydrogens (tertiary/aromatic N) is 1. The Morgan fingerprint density at radius 2 is 1.58 bits per heavy atom. The van der Waals surface area contributed by atoms with E-state index in [4.69, 9.17) is 14.5 Å². The summed E-state index contributed by atoms with van der Waals surface area (Å²) in [5.74, 6) is -0.486. The average molecular weight is 358 g/mol. The number of unbranched alkanes of at least 4 members (excludes halogenated alkanes) is 5. The van der Waals surface area contributed by atoms with Gasteiger partial charge in [-0.25, -0.2) is 4.98 Å². The first-order chi connectivity index (χ1) is 12.7. The first-order valence-corrected chi connectivity index (χ1v) is 10.2. The smallest absolute Gasteiger partial charge is 0.214 e. The van der Waals surface area contributed by atoms with Gasteiger partial charge in [0.25, 0.3) is 0 Å². The molecule has 1 aromatic carbocycles. The maximum atomic E-state index is 5.99. The lowest BCUT2D eigenvalue weighted by molar-refractivity contribution is -0.254. The van der Waals surface area contributed by atoms with Crippen LogP contribution in [-0.2, 0) is 15.3 Å². The minimum absolute atomic E-state index is 0.289. The highest BCUT2D eigenvalue weighted by molar-refractivity contribution is 5.78. The van der Waals surface area contributed by atoms with Crippen molar-refractivity contribution in [3.05, 3.63) is 42.1 Å². The van der Waals surface area contributed by atoms with Crippen molar-refractivity contribution in [1.82, 2.24) is 4.98 Å². The zero-order chi connectivity index (χ0) is 18.8. The second kappa shape index (κ2) is 10.6. The molecule has 0 amide bonds. The Hall–Kier alpha value is -1.45. The van der Waals surface area contributed by atoms with Gasteiger partial charge in [-0.15, -0.1) is 0 Å². The Balaban J connectivity index is 2.16. The van der Waals surface area contributed by atoms with Crippen molar-refractivity contribution in [3.8, 4) is 0 Å². The number of benzene rings is 1. The summed E-state index contributed by atoms with van der Waals surface area (Å²) >= 11 is 0. The van der Waals surface area contributed by atoms with E-state index >= 15 is 0 Å². The van der Waals surface area contributed by atoms with E-state index in [0.29, 0.717) is 0 Å². The van der Waals surface area contributed by atoms with E-state index in [9.17, 15) is 0 Å². The van der Waals surface area contributed by atoms with E-state index < -0.39 is 5.79 Å². The molecule has 0 N–H and O–H groups in total. The van der Waals surface area contributed by atoms with Crippen LogP contribution in [0.2, 0.25) is 0 Å².